The molecule has 1 atom stereocenters. The number of halogens is 1. The van der Waals surface area contributed by atoms with Gasteiger partial charge in [-0.05, 0) is 53.9 Å². The fourth-order valence-electron chi connectivity index (χ4n) is 4.49. The third-order valence-electron chi connectivity index (χ3n) is 5.96. The van der Waals surface area contributed by atoms with Gasteiger partial charge in [0.05, 0.1) is 0 Å². The van der Waals surface area contributed by atoms with E-state index in [9.17, 15) is 14.0 Å². The molecule has 0 saturated carbocycles. The van der Waals surface area contributed by atoms with Gasteiger partial charge in [-0.3, -0.25) is 9.59 Å². The Labute approximate surface area is 149 Å². The van der Waals surface area contributed by atoms with Crippen molar-refractivity contribution < 1.29 is 14.0 Å². The lowest BCUT2D eigenvalue weighted by atomic mass is 9.73. The first-order chi connectivity index (χ1) is 11.9. The standard InChI is InChI=1S/C20H27FN2O2/c1-4-18(24)23-9-7-20(8-10-23)13-14(11-19(25)22(2)3)16-6-5-15(21)12-17(16)20/h5-6,12,14H,4,7-11,13H2,1-3H3/t14-/m1/s1. The molecular weight excluding hydrogens is 319 g/mol. The summed E-state index contributed by atoms with van der Waals surface area (Å²) in [5.74, 6) is 0.214. The van der Waals surface area contributed by atoms with Crippen LogP contribution >= 0.6 is 0 Å². The summed E-state index contributed by atoms with van der Waals surface area (Å²) in [6.45, 7) is 3.32. The quantitative estimate of drug-likeness (QED) is 0.844. The van der Waals surface area contributed by atoms with E-state index in [0.29, 0.717) is 12.8 Å². The van der Waals surface area contributed by atoms with Crippen molar-refractivity contribution in [1.29, 1.82) is 0 Å². The molecule has 4 nitrogen and oxygen atoms in total. The van der Waals surface area contributed by atoms with E-state index in [4.69, 9.17) is 0 Å². The highest BCUT2D eigenvalue weighted by Crippen LogP contribution is 2.53. The molecule has 0 aromatic heterocycles. The maximum atomic E-state index is 13.9. The largest absolute Gasteiger partial charge is 0.349 e. The Kier molecular flexibility index (Phi) is 4.85. The van der Waals surface area contributed by atoms with Gasteiger partial charge in [0.2, 0.25) is 11.8 Å². The zero-order valence-corrected chi connectivity index (χ0v) is 15.3. The highest BCUT2D eigenvalue weighted by molar-refractivity contribution is 5.77. The highest BCUT2D eigenvalue weighted by Gasteiger charge is 2.46. The molecule has 136 valence electrons. The number of fused-ring (bicyclic) bond motifs is 2. The molecule has 2 amide bonds. The van der Waals surface area contributed by atoms with Gasteiger partial charge in [0.1, 0.15) is 5.82 Å². The first-order valence-electron chi connectivity index (χ1n) is 9.14. The molecule has 1 aromatic rings. The zero-order chi connectivity index (χ0) is 18.2. The van der Waals surface area contributed by atoms with Crippen molar-refractivity contribution in [2.75, 3.05) is 27.2 Å². The number of rotatable bonds is 3. The van der Waals surface area contributed by atoms with E-state index >= 15 is 0 Å². The van der Waals surface area contributed by atoms with Crippen LogP contribution in [0.1, 0.15) is 56.1 Å². The topological polar surface area (TPSA) is 40.6 Å². The third kappa shape index (κ3) is 3.29. The summed E-state index contributed by atoms with van der Waals surface area (Å²) < 4.78 is 13.9. The highest BCUT2D eigenvalue weighted by atomic mass is 19.1. The van der Waals surface area contributed by atoms with Gasteiger partial charge in [0, 0.05) is 40.0 Å². The molecule has 1 aliphatic heterocycles. The van der Waals surface area contributed by atoms with Crippen LogP contribution in [0.25, 0.3) is 0 Å². The number of nitrogens with zero attached hydrogens (tertiary/aromatic N) is 2. The minimum atomic E-state index is -0.218. The Balaban J connectivity index is 1.86. The second-order valence-corrected chi connectivity index (χ2v) is 7.64. The smallest absolute Gasteiger partial charge is 0.222 e. The lowest BCUT2D eigenvalue weighted by Crippen LogP contribution is -2.44. The number of carbonyl (C=O) groups excluding carboxylic acids is 2. The first-order valence-corrected chi connectivity index (χ1v) is 9.14. The Morgan fingerprint density at radius 2 is 1.96 bits per heavy atom. The van der Waals surface area contributed by atoms with E-state index in [-0.39, 0.29) is 29.0 Å². The Morgan fingerprint density at radius 3 is 2.56 bits per heavy atom. The molecule has 5 heteroatoms. The van der Waals surface area contributed by atoms with Gasteiger partial charge in [0.25, 0.3) is 0 Å². The van der Waals surface area contributed by atoms with Crippen LogP contribution in [0.15, 0.2) is 18.2 Å². The van der Waals surface area contributed by atoms with E-state index in [0.717, 1.165) is 43.5 Å². The lowest BCUT2D eigenvalue weighted by molar-refractivity contribution is -0.132. The molecule has 1 fully saturated rings. The summed E-state index contributed by atoms with van der Waals surface area (Å²) >= 11 is 0. The summed E-state index contributed by atoms with van der Waals surface area (Å²) in [7, 11) is 3.54. The van der Waals surface area contributed by atoms with Gasteiger partial charge in [0.15, 0.2) is 0 Å². The minimum absolute atomic E-state index is 0.0980. The molecule has 1 aromatic carbocycles. The van der Waals surface area contributed by atoms with Crippen molar-refractivity contribution in [3.8, 4) is 0 Å². The Morgan fingerprint density at radius 1 is 1.28 bits per heavy atom. The number of hydrogen-bond donors (Lipinski definition) is 0. The molecule has 0 radical (unpaired) electrons. The van der Waals surface area contributed by atoms with Crippen LogP contribution in [0, 0.1) is 5.82 Å². The number of carbonyl (C=O) groups is 2. The van der Waals surface area contributed by atoms with Gasteiger partial charge in [-0.1, -0.05) is 13.0 Å². The number of hydrogen-bond acceptors (Lipinski definition) is 2. The van der Waals surface area contributed by atoms with Gasteiger partial charge in [-0.15, -0.1) is 0 Å². The van der Waals surface area contributed by atoms with Crippen LogP contribution in [0.3, 0.4) is 0 Å². The molecule has 1 saturated heterocycles. The summed E-state index contributed by atoms with van der Waals surface area (Å²) in [5, 5.41) is 0. The van der Waals surface area contributed by atoms with Gasteiger partial charge < -0.3 is 9.80 Å². The van der Waals surface area contributed by atoms with Crippen LogP contribution in [-0.4, -0.2) is 48.8 Å². The average Bonchev–Trinajstić information content (AvgIpc) is 2.87. The van der Waals surface area contributed by atoms with Crippen LogP contribution in [0.4, 0.5) is 4.39 Å². The molecule has 0 N–H and O–H groups in total. The molecule has 3 rings (SSSR count). The second-order valence-electron chi connectivity index (χ2n) is 7.64. The van der Waals surface area contributed by atoms with Crippen LogP contribution in [0.2, 0.25) is 0 Å². The van der Waals surface area contributed by atoms with E-state index in [2.05, 4.69) is 0 Å². The summed E-state index contributed by atoms with van der Waals surface area (Å²) in [5.41, 5.74) is 2.08. The molecule has 1 aliphatic carbocycles. The van der Waals surface area contributed by atoms with Gasteiger partial charge in [-0.25, -0.2) is 4.39 Å². The number of piperidine rings is 1. The number of likely N-dealkylation sites (tertiary alicyclic amines) is 1. The van der Waals surface area contributed by atoms with Crippen LogP contribution in [0.5, 0.6) is 0 Å². The fourth-order valence-corrected chi connectivity index (χ4v) is 4.49. The number of amides is 2. The Bertz CT molecular complexity index is 678. The molecule has 25 heavy (non-hydrogen) atoms. The second kappa shape index (κ2) is 6.77. The zero-order valence-electron chi connectivity index (χ0n) is 15.3. The van der Waals surface area contributed by atoms with Gasteiger partial charge in [-0.2, -0.15) is 0 Å². The van der Waals surface area contributed by atoms with E-state index < -0.39 is 0 Å². The monoisotopic (exact) mass is 346 g/mol. The predicted octanol–water partition coefficient (Wildman–Crippen LogP) is 3.06. The van der Waals surface area contributed by atoms with Gasteiger partial charge >= 0.3 is 0 Å². The summed E-state index contributed by atoms with van der Waals surface area (Å²) in [4.78, 5) is 27.7. The molecule has 1 spiro atoms. The van der Waals surface area contributed by atoms with Crippen molar-refractivity contribution in [3.05, 3.63) is 35.1 Å². The summed E-state index contributed by atoms with van der Waals surface area (Å²) in [6.07, 6.45) is 3.56. The van der Waals surface area contributed by atoms with Crippen LogP contribution < -0.4 is 0 Å². The predicted molar refractivity (Wildman–Crippen MR) is 94.9 cm³/mol. The van der Waals surface area contributed by atoms with Crippen molar-refractivity contribution >= 4 is 11.8 Å². The lowest BCUT2D eigenvalue weighted by Gasteiger charge is -2.40. The van der Waals surface area contributed by atoms with E-state index in [1.54, 1.807) is 25.1 Å². The summed E-state index contributed by atoms with van der Waals surface area (Å²) in [6, 6.07) is 5.02. The average molecular weight is 346 g/mol. The molecular formula is C20H27FN2O2. The maximum absolute atomic E-state index is 13.9. The van der Waals surface area contributed by atoms with Crippen LogP contribution in [-0.2, 0) is 15.0 Å². The van der Waals surface area contributed by atoms with Crippen molar-refractivity contribution in [2.24, 2.45) is 0 Å². The fraction of sp³-hybridized carbons (Fsp3) is 0.600. The molecule has 0 unspecified atom stereocenters. The van der Waals surface area contributed by atoms with Crippen molar-refractivity contribution in [2.45, 2.75) is 50.4 Å². The SMILES string of the molecule is CCC(=O)N1CCC2(CC1)C[C@@H](CC(=O)N(C)C)c1ccc(F)cc12. The Hall–Kier alpha value is -1.91. The minimum Gasteiger partial charge on any atom is -0.349 e. The molecule has 0 bridgehead atoms. The molecule has 1 heterocycles. The first kappa shape index (κ1) is 17.9. The van der Waals surface area contributed by atoms with Crippen molar-refractivity contribution in [1.82, 2.24) is 9.80 Å². The normalized spacial score (nSPS) is 21.3. The van der Waals surface area contributed by atoms with Crippen molar-refractivity contribution in [3.63, 3.8) is 0 Å². The number of benzene rings is 1. The maximum Gasteiger partial charge on any atom is 0.222 e. The van der Waals surface area contributed by atoms with E-state index in [1.807, 2.05) is 17.9 Å². The van der Waals surface area contributed by atoms with E-state index in [1.165, 1.54) is 6.07 Å². The third-order valence-corrected chi connectivity index (χ3v) is 5.96. The molecule has 2 aliphatic rings.